The van der Waals surface area contributed by atoms with Crippen molar-refractivity contribution in [3.63, 3.8) is 0 Å². The maximum Gasteiger partial charge on any atom is 0.164 e. The predicted octanol–water partition coefficient (Wildman–Crippen LogP) is 7.73. The molecule has 4 nitrogen and oxygen atoms in total. The molecule has 0 bridgehead atoms. The van der Waals surface area contributed by atoms with Crippen LogP contribution in [0.25, 0.3) is 27.9 Å². The van der Waals surface area contributed by atoms with E-state index in [-0.39, 0.29) is 11.2 Å². The van der Waals surface area contributed by atoms with Crippen LogP contribution in [0.2, 0.25) is 0 Å². The molecule has 5 rings (SSSR count). The molecule has 0 unspecified atom stereocenters. The van der Waals surface area contributed by atoms with Crippen molar-refractivity contribution in [2.45, 2.75) is 72.0 Å². The summed E-state index contributed by atoms with van der Waals surface area (Å²) in [5, 5.41) is 2.30. The molecule has 0 radical (unpaired) electrons. The molecular weight excluding hydrogens is 410 g/mol. The third kappa shape index (κ3) is 3.80. The Kier molecular flexibility index (Phi) is 5.04. The summed E-state index contributed by atoms with van der Waals surface area (Å²) in [7, 11) is 1.72. The van der Waals surface area contributed by atoms with E-state index in [1.54, 1.807) is 7.11 Å². The number of hydrogen-bond donors (Lipinski definition) is 1. The number of hydrogen-bond acceptors (Lipinski definition) is 3. The second-order valence-corrected chi connectivity index (χ2v) is 10.8. The number of aryl methyl sites for hydroxylation is 1. The first-order valence-corrected chi connectivity index (χ1v) is 12.0. The Hall–Kier alpha value is -2.88. The fraction of sp³-hybridized carbons (Fsp3) is 0.448. The van der Waals surface area contributed by atoms with Gasteiger partial charge >= 0.3 is 0 Å². The molecule has 0 saturated carbocycles. The first-order valence-electron chi connectivity index (χ1n) is 12.0. The molecule has 174 valence electrons. The zero-order valence-corrected chi connectivity index (χ0v) is 20.9. The highest BCUT2D eigenvalue weighted by atomic mass is 16.5. The molecule has 1 aromatic heterocycles. The minimum absolute atomic E-state index is 0.290. The molecule has 2 aromatic carbocycles. The van der Waals surface area contributed by atoms with E-state index in [1.165, 1.54) is 11.0 Å². The third-order valence-corrected chi connectivity index (χ3v) is 7.37. The van der Waals surface area contributed by atoms with E-state index in [0.29, 0.717) is 5.92 Å². The van der Waals surface area contributed by atoms with E-state index in [4.69, 9.17) is 14.2 Å². The number of methoxy groups -OCH3 is 1. The lowest BCUT2D eigenvalue weighted by Crippen LogP contribution is -2.38. The Morgan fingerprint density at radius 1 is 1.09 bits per heavy atom. The van der Waals surface area contributed by atoms with E-state index >= 15 is 0 Å². The first-order chi connectivity index (χ1) is 15.6. The van der Waals surface area contributed by atoms with Crippen molar-refractivity contribution in [1.29, 1.82) is 0 Å². The van der Waals surface area contributed by atoms with Gasteiger partial charge in [-0.1, -0.05) is 11.6 Å². The average Bonchev–Trinajstić information content (AvgIpc) is 3.10. The van der Waals surface area contributed by atoms with Crippen molar-refractivity contribution < 1.29 is 14.2 Å². The molecule has 0 spiro atoms. The molecule has 2 aliphatic rings. The van der Waals surface area contributed by atoms with Crippen LogP contribution < -0.4 is 14.2 Å². The van der Waals surface area contributed by atoms with Crippen LogP contribution in [-0.4, -0.2) is 23.3 Å². The maximum absolute atomic E-state index is 6.65. The van der Waals surface area contributed by atoms with Crippen LogP contribution in [0.4, 0.5) is 0 Å². The molecular formula is C29H35NO3. The Morgan fingerprint density at radius 3 is 2.58 bits per heavy atom. The molecule has 0 amide bonds. The van der Waals surface area contributed by atoms with Crippen molar-refractivity contribution in [1.82, 2.24) is 4.98 Å². The van der Waals surface area contributed by atoms with E-state index in [1.807, 2.05) is 0 Å². The van der Waals surface area contributed by atoms with Crippen LogP contribution in [0.3, 0.4) is 0 Å². The van der Waals surface area contributed by atoms with E-state index in [9.17, 15) is 0 Å². The van der Waals surface area contributed by atoms with Crippen molar-refractivity contribution in [3.8, 4) is 17.2 Å². The molecule has 33 heavy (non-hydrogen) atoms. The topological polar surface area (TPSA) is 43.5 Å². The van der Waals surface area contributed by atoms with Gasteiger partial charge in [0.15, 0.2) is 11.5 Å². The Balaban J connectivity index is 1.60. The van der Waals surface area contributed by atoms with Gasteiger partial charge in [-0.05, 0) is 90.7 Å². The zero-order chi connectivity index (χ0) is 23.5. The lowest BCUT2D eigenvalue weighted by atomic mass is 9.79. The maximum atomic E-state index is 6.65. The van der Waals surface area contributed by atoms with Gasteiger partial charge in [0.25, 0.3) is 0 Å². The lowest BCUT2D eigenvalue weighted by molar-refractivity contribution is 0.0360. The lowest BCUT2D eigenvalue weighted by Gasteiger charge is -2.37. The molecule has 3 aromatic rings. The molecule has 1 aliphatic heterocycles. The number of allylic oxidation sites excluding steroid dienone is 2. The van der Waals surface area contributed by atoms with Gasteiger partial charge in [0.05, 0.1) is 18.1 Å². The predicted molar refractivity (Wildman–Crippen MR) is 137 cm³/mol. The zero-order valence-electron chi connectivity index (χ0n) is 20.9. The van der Waals surface area contributed by atoms with Crippen LogP contribution in [0.5, 0.6) is 17.2 Å². The number of ether oxygens (including phenoxy) is 3. The molecule has 1 aliphatic carbocycles. The van der Waals surface area contributed by atoms with E-state index < -0.39 is 0 Å². The van der Waals surface area contributed by atoms with Crippen LogP contribution in [0.15, 0.2) is 35.9 Å². The van der Waals surface area contributed by atoms with Gasteiger partial charge in [-0.2, -0.15) is 0 Å². The smallest absolute Gasteiger partial charge is 0.164 e. The van der Waals surface area contributed by atoms with Gasteiger partial charge in [0, 0.05) is 28.3 Å². The fourth-order valence-corrected chi connectivity index (χ4v) is 5.27. The number of fused-ring (bicyclic) bond motifs is 5. The van der Waals surface area contributed by atoms with Crippen LogP contribution in [0.1, 0.15) is 65.0 Å². The van der Waals surface area contributed by atoms with Crippen LogP contribution >= 0.6 is 0 Å². The largest absolute Gasteiger partial charge is 0.493 e. The highest BCUT2D eigenvalue weighted by Crippen LogP contribution is 2.44. The summed E-state index contributed by atoms with van der Waals surface area (Å²) in [6, 6.07) is 6.41. The number of H-pyrrole nitrogens is 1. The molecule has 1 N–H and O–H groups in total. The number of aromatic nitrogens is 1. The number of benzene rings is 2. The quantitative estimate of drug-likeness (QED) is 0.418. The van der Waals surface area contributed by atoms with Crippen molar-refractivity contribution in [2.75, 3.05) is 7.11 Å². The second kappa shape index (κ2) is 7.58. The van der Waals surface area contributed by atoms with Gasteiger partial charge < -0.3 is 19.2 Å². The Bertz CT molecular complexity index is 1310. The summed E-state index contributed by atoms with van der Waals surface area (Å²) >= 11 is 0. The fourth-order valence-electron chi connectivity index (χ4n) is 5.27. The van der Waals surface area contributed by atoms with Crippen molar-refractivity contribution in [2.24, 2.45) is 5.92 Å². The van der Waals surface area contributed by atoms with Crippen LogP contribution in [0, 0.1) is 12.8 Å². The summed E-state index contributed by atoms with van der Waals surface area (Å²) in [5.41, 5.74) is 5.26. The van der Waals surface area contributed by atoms with Crippen LogP contribution in [-0.2, 0) is 0 Å². The number of aromatic amines is 1. The summed E-state index contributed by atoms with van der Waals surface area (Å²) in [6.07, 6.45) is 10.0. The van der Waals surface area contributed by atoms with Gasteiger partial charge in [-0.15, -0.1) is 0 Å². The van der Waals surface area contributed by atoms with E-state index in [2.05, 4.69) is 83.0 Å². The second-order valence-electron chi connectivity index (χ2n) is 10.8. The molecule has 0 saturated heterocycles. The average molecular weight is 446 g/mol. The standard InChI is InChI=1S/C29H35NO3/c1-17-8-10-19(11-9-17)29(5,6)32-25-16-23-21(15-24(25)31-7)22-14-18(2)27-20(26(22)30-23)12-13-28(3,4)33-27/h8,12-16,19,30H,9-11H2,1-7H3/t19-/m1/s1. The number of nitrogens with one attached hydrogen (secondary N) is 1. The molecule has 0 fully saturated rings. The minimum atomic E-state index is -0.305. The highest BCUT2D eigenvalue weighted by Gasteiger charge is 2.33. The minimum Gasteiger partial charge on any atom is -0.493 e. The Labute approximate surface area is 196 Å². The summed E-state index contributed by atoms with van der Waals surface area (Å²) < 4.78 is 18.8. The third-order valence-electron chi connectivity index (χ3n) is 7.37. The van der Waals surface area contributed by atoms with Gasteiger partial charge in [-0.3, -0.25) is 0 Å². The van der Waals surface area contributed by atoms with Crippen molar-refractivity contribution in [3.05, 3.63) is 47.1 Å². The SMILES string of the molecule is COc1cc2c(cc1OC(C)(C)[C@@H]1CC=C(C)CC1)[nH]c1c3c(c(C)cc12)OC(C)(C)C=C3. The highest BCUT2D eigenvalue weighted by molar-refractivity contribution is 6.11. The summed E-state index contributed by atoms with van der Waals surface area (Å²) in [5.74, 6) is 2.98. The first kappa shape index (κ1) is 21.9. The van der Waals surface area contributed by atoms with Gasteiger partial charge in [0.2, 0.25) is 0 Å². The van der Waals surface area contributed by atoms with E-state index in [0.717, 1.165) is 64.1 Å². The number of rotatable bonds is 4. The summed E-state index contributed by atoms with van der Waals surface area (Å²) in [6.45, 7) is 12.9. The summed E-state index contributed by atoms with van der Waals surface area (Å²) in [4.78, 5) is 3.65. The van der Waals surface area contributed by atoms with Gasteiger partial charge in [0.1, 0.15) is 17.0 Å². The molecule has 1 atom stereocenters. The van der Waals surface area contributed by atoms with Crippen molar-refractivity contribution >= 4 is 27.9 Å². The monoisotopic (exact) mass is 445 g/mol. The normalized spacial score (nSPS) is 19.8. The Morgan fingerprint density at radius 2 is 1.88 bits per heavy atom. The molecule has 2 heterocycles. The molecule has 4 heteroatoms. The van der Waals surface area contributed by atoms with Gasteiger partial charge in [-0.25, -0.2) is 0 Å².